The van der Waals surface area contributed by atoms with Crippen molar-refractivity contribution in [3.05, 3.63) is 70.3 Å². The van der Waals surface area contributed by atoms with Crippen LogP contribution in [0.5, 0.6) is 5.75 Å². The lowest BCUT2D eigenvalue weighted by molar-refractivity contribution is -0.140. The number of fused-ring (bicyclic) bond motifs is 4. The van der Waals surface area contributed by atoms with E-state index in [2.05, 4.69) is 15.7 Å². The lowest BCUT2D eigenvalue weighted by Gasteiger charge is -2.45. The van der Waals surface area contributed by atoms with E-state index in [-0.39, 0.29) is 35.7 Å². The zero-order chi connectivity index (χ0) is 30.4. The molecule has 2 aromatic rings. The number of anilines is 1. The number of aliphatic hydroxyl groups is 1. The van der Waals surface area contributed by atoms with Gasteiger partial charge in [-0.25, -0.2) is 13.1 Å². The summed E-state index contributed by atoms with van der Waals surface area (Å²) in [6.45, 7) is 1.74. The van der Waals surface area contributed by atoms with Crippen LogP contribution in [0, 0.1) is 11.8 Å². The number of nitrogens with one attached hydrogen (secondary N) is 1. The highest BCUT2D eigenvalue weighted by Gasteiger charge is 2.44. The van der Waals surface area contributed by atoms with Crippen molar-refractivity contribution >= 4 is 39.2 Å². The van der Waals surface area contributed by atoms with Crippen molar-refractivity contribution in [2.24, 2.45) is 11.8 Å². The van der Waals surface area contributed by atoms with E-state index in [4.69, 9.17) is 21.1 Å². The number of methoxy groups -OCH3 is 1. The Morgan fingerprint density at radius 1 is 1.19 bits per heavy atom. The van der Waals surface area contributed by atoms with Crippen LogP contribution in [0.25, 0.3) is 0 Å². The highest BCUT2D eigenvalue weighted by atomic mass is 35.5. The molecule has 11 heteroatoms. The predicted molar refractivity (Wildman–Crippen MR) is 163 cm³/mol. The molecule has 5 atom stereocenters. The van der Waals surface area contributed by atoms with Gasteiger partial charge in [-0.05, 0) is 98.2 Å². The highest BCUT2D eigenvalue weighted by molar-refractivity contribution is 7.91. The lowest BCUT2D eigenvalue weighted by atomic mass is 9.68. The van der Waals surface area contributed by atoms with Gasteiger partial charge < -0.3 is 19.5 Å². The van der Waals surface area contributed by atoms with Crippen molar-refractivity contribution < 1.29 is 32.6 Å². The molecule has 4 aliphatic rings. The van der Waals surface area contributed by atoms with Crippen LogP contribution in [0.2, 0.25) is 5.02 Å². The van der Waals surface area contributed by atoms with E-state index in [1.807, 2.05) is 12.1 Å². The number of halogens is 1. The summed E-state index contributed by atoms with van der Waals surface area (Å²) in [6.07, 6.45) is 7.53. The number of sulfonamides is 1. The van der Waals surface area contributed by atoms with Crippen LogP contribution >= 0.6 is 11.6 Å². The number of ether oxygens (including phenoxy) is 2. The van der Waals surface area contributed by atoms with Crippen molar-refractivity contribution in [3.8, 4) is 5.75 Å². The van der Waals surface area contributed by atoms with Gasteiger partial charge in [0.25, 0.3) is 5.91 Å². The average Bonchev–Trinajstić information content (AvgIpc) is 3.11. The Balaban J connectivity index is 1.42. The smallest absolute Gasteiger partial charge is 0.326 e. The predicted octanol–water partition coefficient (Wildman–Crippen LogP) is 4.15. The zero-order valence-electron chi connectivity index (χ0n) is 24.1. The van der Waals surface area contributed by atoms with Crippen LogP contribution in [0.15, 0.2) is 48.6 Å². The quantitative estimate of drug-likeness (QED) is 0.357. The third kappa shape index (κ3) is 5.77. The Morgan fingerprint density at radius 3 is 2.79 bits per heavy atom. The SMILES string of the molecule is COC(=O)[C@H]1CC/C=C\[C@H](O)[C@@H]2CC[C@H]2CN2C[C@@]3(CCCc4cc(Cl)ccc43)COc3ccc(cc32)C(=O)NS1(=O)=O. The first-order chi connectivity index (χ1) is 20.6. The third-order valence-corrected chi connectivity index (χ3v) is 11.6. The first kappa shape index (κ1) is 30.0. The Bertz CT molecular complexity index is 1560. The van der Waals surface area contributed by atoms with Crippen LogP contribution in [0.4, 0.5) is 5.69 Å². The fraction of sp³-hybridized carbons (Fsp3) is 0.500. The molecule has 1 amide bonds. The minimum atomic E-state index is -4.41. The standard InChI is InChI=1S/C32H37ClN2O7S/c1-41-31(38)29-7-3-2-6-27(36)24-11-8-22(24)17-35-18-32(14-4-5-20-15-23(33)10-12-25(20)32)19-42-28-13-9-21(16-26(28)35)30(37)34-43(29,39)40/h2,6,9-10,12-13,15-16,22,24,27,29,36H,3-5,7-8,11,14,17-19H2,1H3,(H,34,37)/b6-2-/t22-,24+,27-,29+,32-/m0/s1. The van der Waals surface area contributed by atoms with E-state index >= 15 is 0 Å². The van der Waals surface area contributed by atoms with Crippen molar-refractivity contribution in [2.45, 2.75) is 61.7 Å². The molecule has 43 heavy (non-hydrogen) atoms. The van der Waals surface area contributed by atoms with E-state index in [1.165, 1.54) is 11.1 Å². The number of esters is 1. The largest absolute Gasteiger partial charge is 0.490 e. The topological polar surface area (TPSA) is 122 Å². The van der Waals surface area contributed by atoms with Gasteiger partial charge in [-0.1, -0.05) is 29.8 Å². The molecule has 0 saturated heterocycles. The molecule has 1 spiro atoms. The van der Waals surface area contributed by atoms with Gasteiger partial charge in [0.2, 0.25) is 10.0 Å². The molecule has 2 bridgehead atoms. The van der Waals surface area contributed by atoms with Crippen molar-refractivity contribution in [3.63, 3.8) is 0 Å². The number of carbonyl (C=O) groups is 2. The van der Waals surface area contributed by atoms with E-state index in [0.29, 0.717) is 36.2 Å². The first-order valence-electron chi connectivity index (χ1n) is 14.9. The molecule has 0 aromatic heterocycles. The maximum atomic E-state index is 13.4. The minimum Gasteiger partial charge on any atom is -0.490 e. The average molecular weight is 629 g/mol. The molecule has 1 fully saturated rings. The number of amides is 1. The second kappa shape index (κ2) is 11.8. The van der Waals surface area contributed by atoms with Gasteiger partial charge in [-0.15, -0.1) is 0 Å². The summed E-state index contributed by atoms with van der Waals surface area (Å²) in [5.41, 5.74) is 2.97. The Kier molecular flexibility index (Phi) is 8.21. The summed E-state index contributed by atoms with van der Waals surface area (Å²) in [5, 5.41) is 10.2. The summed E-state index contributed by atoms with van der Waals surface area (Å²) >= 11 is 6.37. The fourth-order valence-electron chi connectivity index (χ4n) is 7.23. The van der Waals surface area contributed by atoms with E-state index in [9.17, 15) is 23.1 Å². The van der Waals surface area contributed by atoms with Crippen molar-refractivity contribution in [1.82, 2.24) is 4.72 Å². The van der Waals surface area contributed by atoms with Crippen molar-refractivity contribution in [2.75, 3.05) is 31.7 Å². The van der Waals surface area contributed by atoms with Gasteiger partial charge >= 0.3 is 5.97 Å². The van der Waals surface area contributed by atoms with Crippen LogP contribution in [-0.2, 0) is 31.4 Å². The number of carbonyl (C=O) groups excluding carboxylic acids is 2. The molecule has 0 radical (unpaired) electrons. The van der Waals surface area contributed by atoms with Gasteiger partial charge in [-0.3, -0.25) is 9.59 Å². The van der Waals surface area contributed by atoms with Crippen LogP contribution in [0.3, 0.4) is 0 Å². The Morgan fingerprint density at radius 2 is 2.02 bits per heavy atom. The fourth-order valence-corrected chi connectivity index (χ4v) is 8.74. The van der Waals surface area contributed by atoms with E-state index in [0.717, 1.165) is 39.2 Å². The summed E-state index contributed by atoms with van der Waals surface area (Å²) in [6, 6.07) is 11.0. The number of benzene rings is 2. The van der Waals surface area contributed by atoms with Gasteiger partial charge in [0.15, 0.2) is 5.25 Å². The second-order valence-electron chi connectivity index (χ2n) is 12.3. The molecule has 6 rings (SSSR count). The third-order valence-electron chi connectivity index (χ3n) is 9.67. The number of allylic oxidation sites excluding steroid dienone is 1. The maximum Gasteiger partial charge on any atom is 0.326 e. The summed E-state index contributed by atoms with van der Waals surface area (Å²) in [5.74, 6) is -0.910. The van der Waals surface area contributed by atoms with Crippen LogP contribution in [-0.4, -0.2) is 63.6 Å². The van der Waals surface area contributed by atoms with Crippen molar-refractivity contribution in [1.29, 1.82) is 0 Å². The Hall–Kier alpha value is -3.08. The second-order valence-corrected chi connectivity index (χ2v) is 14.6. The first-order valence-corrected chi connectivity index (χ1v) is 16.8. The van der Waals surface area contributed by atoms with Crippen LogP contribution in [0.1, 0.15) is 60.0 Å². The molecular formula is C32H37ClN2O7S. The molecule has 2 aliphatic heterocycles. The zero-order valence-corrected chi connectivity index (χ0v) is 25.7. The Labute approximate surface area is 257 Å². The molecule has 2 N–H and O–H groups in total. The van der Waals surface area contributed by atoms with Crippen LogP contribution < -0.4 is 14.4 Å². The summed E-state index contributed by atoms with van der Waals surface area (Å²) in [4.78, 5) is 28.1. The lowest BCUT2D eigenvalue weighted by Crippen LogP contribution is -2.49. The van der Waals surface area contributed by atoms with Gasteiger partial charge in [0.05, 0.1) is 25.5 Å². The molecule has 2 aromatic carbocycles. The number of hydrogen-bond acceptors (Lipinski definition) is 8. The highest BCUT2D eigenvalue weighted by Crippen LogP contribution is 2.46. The van der Waals surface area contributed by atoms with E-state index < -0.39 is 33.3 Å². The number of aliphatic hydroxyl groups excluding tert-OH is 1. The number of nitrogens with zero attached hydrogens (tertiary/aromatic N) is 1. The van der Waals surface area contributed by atoms with Gasteiger partial charge in [0.1, 0.15) is 5.75 Å². The van der Waals surface area contributed by atoms with Gasteiger partial charge in [-0.2, -0.15) is 0 Å². The molecule has 2 aliphatic carbocycles. The monoisotopic (exact) mass is 628 g/mol. The normalized spacial score (nSPS) is 30.9. The van der Waals surface area contributed by atoms with Gasteiger partial charge in [0, 0.05) is 29.1 Å². The number of aryl methyl sites for hydroxylation is 1. The molecular weight excluding hydrogens is 592 g/mol. The number of rotatable bonds is 1. The molecule has 2 heterocycles. The molecule has 230 valence electrons. The maximum absolute atomic E-state index is 13.4. The summed E-state index contributed by atoms with van der Waals surface area (Å²) < 4.78 is 39.8. The van der Waals surface area contributed by atoms with E-state index in [1.54, 1.807) is 30.4 Å². The summed E-state index contributed by atoms with van der Waals surface area (Å²) in [7, 11) is -3.30. The minimum absolute atomic E-state index is 0.0387. The molecule has 9 nitrogen and oxygen atoms in total. The molecule has 1 saturated carbocycles. The number of hydrogen-bond donors (Lipinski definition) is 2. The molecule has 0 unspecified atom stereocenters.